The van der Waals surface area contributed by atoms with Crippen molar-refractivity contribution in [3.05, 3.63) is 53.9 Å². The van der Waals surface area contributed by atoms with E-state index in [0.717, 1.165) is 35.9 Å². The number of halogens is 2. The van der Waals surface area contributed by atoms with Gasteiger partial charge in [-0.05, 0) is 58.2 Å². The molecule has 0 saturated heterocycles. The molecule has 2 aliphatic rings. The van der Waals surface area contributed by atoms with E-state index in [0.29, 0.717) is 5.56 Å². The van der Waals surface area contributed by atoms with Crippen LogP contribution in [0.25, 0.3) is 10.9 Å². The molecule has 4 nitrogen and oxygen atoms in total. The third-order valence-electron chi connectivity index (χ3n) is 5.80. The van der Waals surface area contributed by atoms with Crippen LogP contribution in [0.2, 0.25) is 0 Å². The molecular formula is C23H25F2N3O. The van der Waals surface area contributed by atoms with Gasteiger partial charge in [-0.3, -0.25) is 0 Å². The number of hydrogen-bond acceptors (Lipinski definition) is 3. The van der Waals surface area contributed by atoms with Crippen LogP contribution in [0.5, 0.6) is 5.75 Å². The van der Waals surface area contributed by atoms with E-state index in [-0.39, 0.29) is 23.4 Å². The van der Waals surface area contributed by atoms with Crippen LogP contribution in [-0.4, -0.2) is 21.6 Å². The zero-order chi connectivity index (χ0) is 20.8. The summed E-state index contributed by atoms with van der Waals surface area (Å²) in [5, 5.41) is 10.8. The number of fused-ring (bicyclic) bond motifs is 1. The highest BCUT2D eigenvalue weighted by molar-refractivity contribution is 5.90. The summed E-state index contributed by atoms with van der Waals surface area (Å²) in [6.07, 6.45) is 11.3. The van der Waals surface area contributed by atoms with Crippen molar-refractivity contribution in [2.75, 3.05) is 0 Å². The molecule has 1 aromatic heterocycles. The summed E-state index contributed by atoms with van der Waals surface area (Å²) in [7, 11) is 0. The largest absolute Gasteiger partial charge is 0.435 e. The van der Waals surface area contributed by atoms with Crippen molar-refractivity contribution >= 4 is 10.9 Å². The molecule has 1 fully saturated rings. The number of allylic oxidation sites excluding steroid dienone is 2. The monoisotopic (exact) mass is 397 g/mol. The Bertz CT molecular complexity index is 1020. The highest BCUT2D eigenvalue weighted by Crippen LogP contribution is 2.44. The molecule has 1 aliphatic heterocycles. The normalized spacial score (nSPS) is 19.6. The predicted molar refractivity (Wildman–Crippen MR) is 109 cm³/mol. The lowest BCUT2D eigenvalue weighted by molar-refractivity contribution is -0.0497. The second kappa shape index (κ2) is 7.22. The lowest BCUT2D eigenvalue weighted by atomic mass is 9.91. The molecule has 6 heteroatoms. The minimum atomic E-state index is -2.88. The first kappa shape index (κ1) is 19.5. The Hall–Kier alpha value is -2.81. The molecule has 4 rings (SSSR count). The van der Waals surface area contributed by atoms with Gasteiger partial charge in [-0.25, -0.2) is 0 Å². The predicted octanol–water partition coefficient (Wildman–Crippen LogP) is 6.06. The van der Waals surface area contributed by atoms with Crippen LogP contribution in [0.1, 0.15) is 63.4 Å². The zero-order valence-electron chi connectivity index (χ0n) is 16.9. The van der Waals surface area contributed by atoms with Gasteiger partial charge in [0.1, 0.15) is 11.8 Å². The molecule has 1 aromatic carbocycles. The maximum Gasteiger partial charge on any atom is 0.387 e. The topological polar surface area (TPSA) is 41.2 Å². The molecule has 2 aromatic rings. The molecule has 0 amide bonds. The van der Waals surface area contributed by atoms with E-state index in [9.17, 15) is 14.0 Å². The lowest BCUT2D eigenvalue weighted by Crippen LogP contribution is -2.41. The first-order valence-electron chi connectivity index (χ1n) is 9.97. The number of benzene rings is 1. The van der Waals surface area contributed by atoms with Crippen LogP contribution in [0.15, 0.2) is 42.6 Å². The van der Waals surface area contributed by atoms with Gasteiger partial charge in [0.05, 0.1) is 22.8 Å². The van der Waals surface area contributed by atoms with Crippen molar-refractivity contribution in [2.45, 2.75) is 64.3 Å². The van der Waals surface area contributed by atoms with Gasteiger partial charge in [0.25, 0.3) is 0 Å². The van der Waals surface area contributed by atoms with E-state index in [2.05, 4.69) is 53.3 Å². The van der Waals surface area contributed by atoms with Crippen molar-refractivity contribution in [3.8, 4) is 11.8 Å². The van der Waals surface area contributed by atoms with E-state index in [1.165, 1.54) is 6.07 Å². The lowest BCUT2D eigenvalue weighted by Gasteiger charge is -2.43. The van der Waals surface area contributed by atoms with Crippen molar-refractivity contribution < 1.29 is 13.5 Å². The van der Waals surface area contributed by atoms with Gasteiger partial charge in [-0.1, -0.05) is 12.2 Å². The summed E-state index contributed by atoms with van der Waals surface area (Å²) >= 11 is 0. The highest BCUT2D eigenvalue weighted by Gasteiger charge is 2.35. The number of aromatic nitrogens is 1. The van der Waals surface area contributed by atoms with Crippen molar-refractivity contribution in [3.63, 3.8) is 0 Å². The van der Waals surface area contributed by atoms with Crippen molar-refractivity contribution in [2.24, 2.45) is 0 Å². The van der Waals surface area contributed by atoms with Crippen LogP contribution >= 0.6 is 0 Å². The number of nitrogens with zero attached hydrogens (tertiary/aromatic N) is 3. The molecule has 1 unspecified atom stereocenters. The third-order valence-corrected chi connectivity index (χ3v) is 5.80. The smallest absolute Gasteiger partial charge is 0.387 e. The van der Waals surface area contributed by atoms with E-state index >= 15 is 0 Å². The molecule has 1 aliphatic carbocycles. The van der Waals surface area contributed by atoms with Crippen LogP contribution < -0.4 is 4.74 Å². The van der Waals surface area contributed by atoms with Crippen molar-refractivity contribution in [1.82, 2.24) is 9.47 Å². The van der Waals surface area contributed by atoms with Gasteiger partial charge in [0, 0.05) is 29.2 Å². The first-order valence-corrected chi connectivity index (χ1v) is 9.97. The van der Waals surface area contributed by atoms with Gasteiger partial charge in [0.2, 0.25) is 0 Å². The molecule has 2 heterocycles. The van der Waals surface area contributed by atoms with Gasteiger partial charge < -0.3 is 14.2 Å². The van der Waals surface area contributed by atoms with E-state index < -0.39 is 6.61 Å². The van der Waals surface area contributed by atoms with Crippen LogP contribution in [0.3, 0.4) is 0 Å². The van der Waals surface area contributed by atoms with Crippen LogP contribution in [-0.2, 0) is 0 Å². The Labute approximate surface area is 169 Å². The molecular weight excluding hydrogens is 372 g/mol. The SMILES string of the molecule is CC(C)(C)N1C=CC=CC1c1c(C#N)c2ccc(OC(F)F)cc2n1C1CCC1. The molecule has 29 heavy (non-hydrogen) atoms. The summed E-state index contributed by atoms with van der Waals surface area (Å²) in [6.45, 7) is 3.54. The number of hydrogen-bond donors (Lipinski definition) is 0. The first-order chi connectivity index (χ1) is 13.8. The minimum absolute atomic E-state index is 0.109. The third kappa shape index (κ3) is 3.39. The summed E-state index contributed by atoms with van der Waals surface area (Å²) < 4.78 is 32.4. The average molecular weight is 397 g/mol. The molecule has 1 saturated carbocycles. The fourth-order valence-corrected chi connectivity index (χ4v) is 4.29. The zero-order valence-corrected chi connectivity index (χ0v) is 16.9. The molecule has 1 atom stereocenters. The van der Waals surface area contributed by atoms with Crippen LogP contribution in [0.4, 0.5) is 8.78 Å². The summed E-state index contributed by atoms with van der Waals surface area (Å²) in [5.41, 5.74) is 2.17. The second-order valence-corrected chi connectivity index (χ2v) is 8.63. The summed E-state index contributed by atoms with van der Waals surface area (Å²) in [4.78, 5) is 2.24. The van der Waals surface area contributed by atoms with Gasteiger partial charge >= 0.3 is 6.61 Å². The number of rotatable bonds is 4. The molecule has 0 bridgehead atoms. The quantitative estimate of drug-likeness (QED) is 0.629. The Kier molecular flexibility index (Phi) is 4.85. The number of ether oxygens (including phenoxy) is 1. The second-order valence-electron chi connectivity index (χ2n) is 8.63. The highest BCUT2D eigenvalue weighted by atomic mass is 19.3. The molecule has 0 radical (unpaired) electrons. The fourth-order valence-electron chi connectivity index (χ4n) is 4.29. The number of nitriles is 1. The van der Waals surface area contributed by atoms with Gasteiger partial charge in [-0.2, -0.15) is 14.0 Å². The average Bonchev–Trinajstić information content (AvgIpc) is 2.92. The molecule has 0 spiro atoms. The maximum absolute atomic E-state index is 12.8. The van der Waals surface area contributed by atoms with Gasteiger partial charge in [-0.15, -0.1) is 0 Å². The van der Waals surface area contributed by atoms with E-state index in [4.69, 9.17) is 0 Å². The Morgan fingerprint density at radius 1 is 1.21 bits per heavy atom. The summed E-state index contributed by atoms with van der Waals surface area (Å²) in [6, 6.07) is 7.44. The van der Waals surface area contributed by atoms with E-state index in [1.807, 2.05) is 12.2 Å². The number of alkyl halides is 2. The minimum Gasteiger partial charge on any atom is -0.435 e. The molecule has 0 N–H and O–H groups in total. The fraction of sp³-hybridized carbons (Fsp3) is 0.435. The Morgan fingerprint density at radius 3 is 2.55 bits per heavy atom. The Morgan fingerprint density at radius 2 is 1.97 bits per heavy atom. The summed E-state index contributed by atoms with van der Waals surface area (Å²) in [5.74, 6) is 0.119. The standard InChI is InChI=1S/C23H25F2N3O/c1-23(2,3)27-12-5-4-9-19(27)21-18(14-26)17-11-10-16(29-22(24)25)13-20(17)28(21)15-7-6-8-15/h4-5,9-13,15,19,22H,6-8H2,1-3H3. The van der Waals surface area contributed by atoms with Crippen molar-refractivity contribution in [1.29, 1.82) is 5.26 Å². The van der Waals surface area contributed by atoms with Crippen LogP contribution in [0, 0.1) is 11.3 Å². The van der Waals surface area contributed by atoms with E-state index in [1.54, 1.807) is 12.1 Å². The maximum atomic E-state index is 12.8. The van der Waals surface area contributed by atoms with Gasteiger partial charge in [0.15, 0.2) is 0 Å². The Balaban J connectivity index is 1.96. The molecule has 152 valence electrons.